The summed E-state index contributed by atoms with van der Waals surface area (Å²) < 4.78 is 30.5. The quantitative estimate of drug-likeness (QED) is 0.676. The Hall–Kier alpha value is -1.11. The Morgan fingerprint density at radius 2 is 1.85 bits per heavy atom. The lowest BCUT2D eigenvalue weighted by Gasteiger charge is -2.25. The van der Waals surface area contributed by atoms with Crippen LogP contribution in [0.3, 0.4) is 0 Å². The van der Waals surface area contributed by atoms with Crippen LogP contribution < -0.4 is 14.8 Å². The van der Waals surface area contributed by atoms with Crippen LogP contribution in [-0.4, -0.2) is 39.9 Å². The highest BCUT2D eigenvalue weighted by molar-refractivity contribution is 7.88. The first-order valence-electron chi connectivity index (χ1n) is 6.66. The van der Waals surface area contributed by atoms with Crippen molar-refractivity contribution >= 4 is 10.0 Å². The van der Waals surface area contributed by atoms with E-state index in [4.69, 9.17) is 4.74 Å². The average molecular weight is 300 g/mol. The molecule has 1 rings (SSSR count). The van der Waals surface area contributed by atoms with Crippen molar-refractivity contribution in [1.82, 2.24) is 10.0 Å². The minimum absolute atomic E-state index is 0.492. The monoisotopic (exact) mass is 300 g/mol. The molecule has 0 fully saturated rings. The van der Waals surface area contributed by atoms with Crippen LogP contribution >= 0.6 is 0 Å². The zero-order valence-electron chi connectivity index (χ0n) is 12.3. The van der Waals surface area contributed by atoms with Crippen molar-refractivity contribution < 1.29 is 13.2 Å². The van der Waals surface area contributed by atoms with E-state index in [-0.39, 0.29) is 0 Å². The number of rotatable bonds is 9. The lowest BCUT2D eigenvalue weighted by molar-refractivity contribution is 0.304. The van der Waals surface area contributed by atoms with Crippen molar-refractivity contribution in [2.75, 3.05) is 26.0 Å². The van der Waals surface area contributed by atoms with Crippen LogP contribution in [0.15, 0.2) is 30.3 Å². The van der Waals surface area contributed by atoms with Crippen LogP contribution in [0.2, 0.25) is 0 Å². The Labute approximate surface area is 121 Å². The van der Waals surface area contributed by atoms with E-state index in [9.17, 15) is 8.42 Å². The first-order valence-corrected chi connectivity index (χ1v) is 8.55. The van der Waals surface area contributed by atoms with Crippen LogP contribution in [0, 0.1) is 0 Å². The number of ether oxygens (including phenoxy) is 1. The molecule has 0 atom stereocenters. The van der Waals surface area contributed by atoms with Gasteiger partial charge in [-0.2, -0.15) is 0 Å². The van der Waals surface area contributed by atoms with Gasteiger partial charge in [-0.05, 0) is 38.9 Å². The summed E-state index contributed by atoms with van der Waals surface area (Å²) in [4.78, 5) is 0. The van der Waals surface area contributed by atoms with Crippen LogP contribution in [-0.2, 0) is 10.0 Å². The molecule has 0 heterocycles. The van der Waals surface area contributed by atoms with E-state index in [1.54, 1.807) is 0 Å². The second kappa shape index (κ2) is 7.61. The van der Waals surface area contributed by atoms with Gasteiger partial charge in [0.25, 0.3) is 0 Å². The Morgan fingerprint density at radius 1 is 1.20 bits per heavy atom. The maximum atomic E-state index is 11.2. The molecule has 1 aromatic carbocycles. The average Bonchev–Trinajstić information content (AvgIpc) is 2.32. The number of sulfonamides is 1. The predicted molar refractivity (Wildman–Crippen MR) is 81.5 cm³/mol. The van der Waals surface area contributed by atoms with Gasteiger partial charge in [0, 0.05) is 12.1 Å². The fraction of sp³-hybridized carbons (Fsp3) is 0.571. The lowest BCUT2D eigenvalue weighted by atomic mass is 10.1. The number of benzene rings is 1. The number of hydrogen-bond acceptors (Lipinski definition) is 4. The molecule has 5 nitrogen and oxygen atoms in total. The third-order valence-corrected chi connectivity index (χ3v) is 3.46. The second-order valence-corrected chi connectivity index (χ2v) is 7.20. The molecule has 0 amide bonds. The van der Waals surface area contributed by atoms with Crippen LogP contribution in [0.25, 0.3) is 0 Å². The molecule has 0 aliphatic heterocycles. The van der Waals surface area contributed by atoms with Crippen molar-refractivity contribution in [3.05, 3.63) is 30.3 Å². The lowest BCUT2D eigenvalue weighted by Crippen LogP contribution is -2.50. The molecule has 20 heavy (non-hydrogen) atoms. The van der Waals surface area contributed by atoms with Crippen molar-refractivity contribution in [1.29, 1.82) is 0 Å². The highest BCUT2D eigenvalue weighted by Crippen LogP contribution is 2.08. The maximum absolute atomic E-state index is 11.2. The molecule has 2 N–H and O–H groups in total. The van der Waals surface area contributed by atoms with E-state index < -0.39 is 15.6 Å². The van der Waals surface area contributed by atoms with E-state index in [0.717, 1.165) is 18.7 Å². The number of nitrogens with one attached hydrogen (secondary N) is 2. The zero-order valence-corrected chi connectivity index (χ0v) is 13.2. The summed E-state index contributed by atoms with van der Waals surface area (Å²) >= 11 is 0. The second-order valence-electron chi connectivity index (χ2n) is 5.45. The molecule has 0 bridgehead atoms. The van der Waals surface area contributed by atoms with Gasteiger partial charge in [0.1, 0.15) is 5.75 Å². The maximum Gasteiger partial charge on any atom is 0.209 e. The smallest absolute Gasteiger partial charge is 0.209 e. The van der Waals surface area contributed by atoms with Gasteiger partial charge in [-0.15, -0.1) is 0 Å². The summed E-state index contributed by atoms with van der Waals surface area (Å²) in [6, 6.07) is 9.67. The molecular formula is C14H24N2O3S. The van der Waals surface area contributed by atoms with Crippen molar-refractivity contribution in [2.24, 2.45) is 0 Å². The van der Waals surface area contributed by atoms with Gasteiger partial charge in [0.05, 0.1) is 12.9 Å². The van der Waals surface area contributed by atoms with Crippen LogP contribution in [0.1, 0.15) is 20.3 Å². The normalized spacial score (nSPS) is 12.3. The minimum Gasteiger partial charge on any atom is -0.494 e. The summed E-state index contributed by atoms with van der Waals surface area (Å²) in [5.41, 5.74) is -0.492. The Bertz CT molecular complexity index is 486. The van der Waals surface area contributed by atoms with E-state index in [1.165, 1.54) is 6.26 Å². The van der Waals surface area contributed by atoms with Crippen molar-refractivity contribution in [2.45, 2.75) is 25.8 Å². The van der Waals surface area contributed by atoms with E-state index in [0.29, 0.717) is 13.2 Å². The zero-order chi connectivity index (χ0) is 15.1. The van der Waals surface area contributed by atoms with Gasteiger partial charge in [0.15, 0.2) is 0 Å². The fourth-order valence-corrected chi connectivity index (χ4v) is 2.92. The standard InChI is InChI=1S/C14H24N2O3S/c1-14(2,16-20(3,17)18)12-15-10-7-11-19-13-8-5-4-6-9-13/h4-6,8-9,15-16H,7,10-12H2,1-3H3. The summed E-state index contributed by atoms with van der Waals surface area (Å²) in [6.45, 7) is 5.69. The topological polar surface area (TPSA) is 67.4 Å². The van der Waals surface area contributed by atoms with Crippen molar-refractivity contribution in [3.63, 3.8) is 0 Å². The van der Waals surface area contributed by atoms with Gasteiger partial charge < -0.3 is 10.1 Å². The molecule has 0 aromatic heterocycles. The van der Waals surface area contributed by atoms with E-state index in [1.807, 2.05) is 44.2 Å². The number of para-hydroxylation sites is 1. The van der Waals surface area contributed by atoms with Gasteiger partial charge in [0.2, 0.25) is 10.0 Å². The molecular weight excluding hydrogens is 276 g/mol. The molecule has 0 radical (unpaired) electrons. The van der Waals surface area contributed by atoms with Crippen molar-refractivity contribution in [3.8, 4) is 5.75 Å². The van der Waals surface area contributed by atoms with Crippen LogP contribution in [0.4, 0.5) is 0 Å². The summed E-state index contributed by atoms with van der Waals surface area (Å²) in [5.74, 6) is 0.867. The van der Waals surface area contributed by atoms with E-state index in [2.05, 4.69) is 10.0 Å². The molecule has 0 saturated heterocycles. The molecule has 0 aliphatic rings. The summed E-state index contributed by atoms with van der Waals surface area (Å²) in [7, 11) is -3.18. The minimum atomic E-state index is -3.18. The van der Waals surface area contributed by atoms with Crippen LogP contribution in [0.5, 0.6) is 5.75 Å². The molecule has 0 aliphatic carbocycles. The summed E-state index contributed by atoms with van der Waals surface area (Å²) in [5, 5.41) is 3.23. The molecule has 0 spiro atoms. The molecule has 0 unspecified atom stereocenters. The SMILES string of the molecule is CC(C)(CNCCCOc1ccccc1)NS(C)(=O)=O. The Kier molecular flexibility index (Phi) is 6.45. The highest BCUT2D eigenvalue weighted by atomic mass is 32.2. The predicted octanol–water partition coefficient (Wildman–Crippen LogP) is 1.37. The highest BCUT2D eigenvalue weighted by Gasteiger charge is 2.21. The largest absolute Gasteiger partial charge is 0.494 e. The molecule has 114 valence electrons. The molecule has 1 aromatic rings. The van der Waals surface area contributed by atoms with E-state index >= 15 is 0 Å². The molecule has 0 saturated carbocycles. The fourth-order valence-electron chi connectivity index (χ4n) is 1.84. The van der Waals surface area contributed by atoms with Gasteiger partial charge in [-0.3, -0.25) is 0 Å². The van der Waals surface area contributed by atoms with Gasteiger partial charge >= 0.3 is 0 Å². The Morgan fingerprint density at radius 3 is 2.45 bits per heavy atom. The Balaban J connectivity index is 2.13. The first-order chi connectivity index (χ1) is 9.29. The number of hydrogen-bond donors (Lipinski definition) is 2. The third-order valence-electron chi connectivity index (χ3n) is 2.54. The first kappa shape index (κ1) is 16.9. The third kappa shape index (κ3) is 8.14. The van der Waals surface area contributed by atoms with Gasteiger partial charge in [-0.1, -0.05) is 18.2 Å². The molecule has 6 heteroatoms. The van der Waals surface area contributed by atoms with Gasteiger partial charge in [-0.25, -0.2) is 13.1 Å². The summed E-state index contributed by atoms with van der Waals surface area (Å²) in [6.07, 6.45) is 2.03.